The predicted octanol–water partition coefficient (Wildman–Crippen LogP) is 1.78. The third-order valence-electron chi connectivity index (χ3n) is 8.45. The molecule has 0 N–H and O–H groups in total. The van der Waals surface area contributed by atoms with Gasteiger partial charge in [0.25, 0.3) is 0 Å². The van der Waals surface area contributed by atoms with Gasteiger partial charge in [0.1, 0.15) is 0 Å². The summed E-state index contributed by atoms with van der Waals surface area (Å²) in [6.07, 6.45) is 1.08. The van der Waals surface area contributed by atoms with E-state index in [0.717, 1.165) is 10.8 Å². The molecule has 196 valence electrons. The number of hydrogen-bond donors (Lipinski definition) is 0. The van der Waals surface area contributed by atoms with E-state index in [-0.39, 0.29) is 42.4 Å². The molecule has 10 nitrogen and oxygen atoms in total. The van der Waals surface area contributed by atoms with Crippen LogP contribution >= 0.6 is 11.6 Å². The van der Waals surface area contributed by atoms with Gasteiger partial charge in [0.2, 0.25) is 21.8 Å². The normalized spacial score (nSPS) is 25.8. The minimum Gasteiger partial charge on any atom is -0.343 e. The second-order valence-corrected chi connectivity index (χ2v) is 13.0. The van der Waals surface area contributed by atoms with Crippen molar-refractivity contribution in [2.75, 3.05) is 46.3 Å². The zero-order chi connectivity index (χ0) is 26.3. The molecule has 4 saturated heterocycles. The smallest absolute Gasteiger partial charge is 0.322 e. The van der Waals surface area contributed by atoms with Gasteiger partial charge in [0, 0.05) is 38.6 Å². The van der Waals surface area contributed by atoms with E-state index >= 15 is 0 Å². The van der Waals surface area contributed by atoms with Crippen LogP contribution < -0.4 is 0 Å². The Hall–Kier alpha value is -2.89. The van der Waals surface area contributed by atoms with E-state index in [1.54, 1.807) is 57.0 Å². The van der Waals surface area contributed by atoms with Crippen molar-refractivity contribution in [2.45, 2.75) is 35.9 Å². The van der Waals surface area contributed by atoms with E-state index in [1.807, 2.05) is 0 Å². The number of amides is 4. The third kappa shape index (κ3) is 3.47. The zero-order valence-electron chi connectivity index (χ0n) is 20.7. The molecule has 6 rings (SSSR count). The molecule has 0 aromatic heterocycles. The maximum Gasteiger partial charge on any atom is 0.322 e. The van der Waals surface area contributed by atoms with Gasteiger partial charge in [-0.05, 0) is 47.9 Å². The summed E-state index contributed by atoms with van der Waals surface area (Å²) in [5, 5.41) is 2.10. The first-order valence-electron chi connectivity index (χ1n) is 12.3. The van der Waals surface area contributed by atoms with E-state index in [4.69, 9.17) is 11.6 Å². The Balaban J connectivity index is 1.37. The number of rotatable bonds is 2. The van der Waals surface area contributed by atoms with Gasteiger partial charge >= 0.3 is 6.03 Å². The fourth-order valence-electron chi connectivity index (χ4n) is 6.62. The lowest BCUT2D eigenvalue weighted by molar-refractivity contribution is -0.143. The van der Waals surface area contributed by atoms with Gasteiger partial charge in [-0.1, -0.05) is 23.7 Å². The maximum absolute atomic E-state index is 13.8. The van der Waals surface area contributed by atoms with Crippen molar-refractivity contribution in [3.63, 3.8) is 0 Å². The molecule has 12 heteroatoms. The minimum atomic E-state index is -4.03. The Labute approximate surface area is 220 Å². The summed E-state index contributed by atoms with van der Waals surface area (Å²) >= 11 is 6.07. The van der Waals surface area contributed by atoms with Crippen LogP contribution in [0, 0.1) is 0 Å². The van der Waals surface area contributed by atoms with Gasteiger partial charge in [-0.25, -0.2) is 13.2 Å². The summed E-state index contributed by atoms with van der Waals surface area (Å²) < 4.78 is 28.9. The number of piperazine rings is 1. The molecule has 37 heavy (non-hydrogen) atoms. The standard InChI is InChI=1S/C25H28ClN5O5S/c1-17(32)28-9-7-24(8-10-28)14-30-22(33)13-29(16-25(30)15-27(2)23(34)31(24)25)37(35,36)21-6-4-18-11-20(26)5-3-19(18)12-21/h3-6,11-12H,7-10,13-16H2,1-2H3. The van der Waals surface area contributed by atoms with Gasteiger partial charge in [0.05, 0.1) is 30.1 Å². The third-order valence-corrected chi connectivity index (χ3v) is 10.5. The highest BCUT2D eigenvalue weighted by Crippen LogP contribution is 2.49. The number of piperidine rings is 1. The second kappa shape index (κ2) is 8.05. The number of hydrogen-bond acceptors (Lipinski definition) is 5. The lowest BCUT2D eigenvalue weighted by Gasteiger charge is -2.47. The molecule has 2 aromatic carbocycles. The molecule has 2 spiro atoms. The van der Waals surface area contributed by atoms with Gasteiger partial charge in [-0.15, -0.1) is 0 Å². The molecule has 0 bridgehead atoms. The fourth-order valence-corrected chi connectivity index (χ4v) is 8.28. The highest BCUT2D eigenvalue weighted by atomic mass is 35.5. The first-order chi connectivity index (χ1) is 17.5. The number of likely N-dealkylation sites (N-methyl/N-ethyl adjacent to an activating group) is 1. The van der Waals surface area contributed by atoms with Crippen LogP contribution in [0.3, 0.4) is 0 Å². The lowest BCUT2D eigenvalue weighted by atomic mass is 9.86. The van der Waals surface area contributed by atoms with Gasteiger partial charge in [0.15, 0.2) is 5.66 Å². The molecule has 0 radical (unpaired) electrons. The van der Waals surface area contributed by atoms with Crippen molar-refractivity contribution in [3.05, 3.63) is 41.4 Å². The second-order valence-electron chi connectivity index (χ2n) is 10.6. The van der Waals surface area contributed by atoms with Crippen LogP contribution in [0.2, 0.25) is 5.02 Å². The summed E-state index contributed by atoms with van der Waals surface area (Å²) in [4.78, 5) is 45.8. The van der Waals surface area contributed by atoms with Crippen LogP contribution in [-0.2, 0) is 19.6 Å². The minimum absolute atomic E-state index is 0.00597. The molecular formula is C25H28ClN5O5S. The Morgan fingerprint density at radius 3 is 2.35 bits per heavy atom. The summed E-state index contributed by atoms with van der Waals surface area (Å²) in [6, 6.07) is 9.84. The van der Waals surface area contributed by atoms with Crippen LogP contribution in [0.4, 0.5) is 4.79 Å². The van der Waals surface area contributed by atoms with Crippen molar-refractivity contribution in [3.8, 4) is 0 Å². The van der Waals surface area contributed by atoms with Gasteiger partial charge in [-0.2, -0.15) is 4.31 Å². The van der Waals surface area contributed by atoms with Crippen LogP contribution in [0.5, 0.6) is 0 Å². The number of nitrogens with zero attached hydrogens (tertiary/aromatic N) is 5. The molecule has 4 amide bonds. The number of fused-ring (bicyclic) bond motifs is 2. The van der Waals surface area contributed by atoms with E-state index < -0.39 is 21.2 Å². The quantitative estimate of drug-likeness (QED) is 0.572. The van der Waals surface area contributed by atoms with Crippen LogP contribution in [0.1, 0.15) is 19.8 Å². The number of carbonyl (C=O) groups is 3. The van der Waals surface area contributed by atoms with E-state index in [9.17, 15) is 22.8 Å². The summed E-state index contributed by atoms with van der Waals surface area (Å²) in [5.74, 6) is -0.336. The van der Waals surface area contributed by atoms with Crippen LogP contribution in [0.25, 0.3) is 10.8 Å². The van der Waals surface area contributed by atoms with Crippen LogP contribution in [0.15, 0.2) is 41.3 Å². The monoisotopic (exact) mass is 545 g/mol. The molecule has 1 unspecified atom stereocenters. The van der Waals surface area contributed by atoms with Gasteiger partial charge < -0.3 is 14.7 Å². The molecule has 4 heterocycles. The van der Waals surface area contributed by atoms with Crippen molar-refractivity contribution in [1.82, 2.24) is 23.9 Å². The van der Waals surface area contributed by atoms with Crippen molar-refractivity contribution < 1.29 is 22.8 Å². The highest BCUT2D eigenvalue weighted by Gasteiger charge is 2.69. The average Bonchev–Trinajstić information content (AvgIpc) is 3.27. The van der Waals surface area contributed by atoms with E-state index in [0.29, 0.717) is 37.5 Å². The predicted molar refractivity (Wildman–Crippen MR) is 136 cm³/mol. The number of sulfonamides is 1. The summed E-state index contributed by atoms with van der Waals surface area (Å²) in [5.41, 5.74) is -1.72. The lowest BCUT2D eigenvalue weighted by Crippen LogP contribution is -2.68. The molecule has 0 aliphatic carbocycles. The average molecular weight is 546 g/mol. The Bertz CT molecular complexity index is 1460. The Morgan fingerprint density at radius 2 is 1.65 bits per heavy atom. The van der Waals surface area contributed by atoms with Crippen molar-refractivity contribution in [2.24, 2.45) is 0 Å². The first kappa shape index (κ1) is 24.4. The number of benzene rings is 2. The largest absolute Gasteiger partial charge is 0.343 e. The zero-order valence-corrected chi connectivity index (χ0v) is 22.3. The fraction of sp³-hybridized carbons (Fsp3) is 0.480. The SMILES string of the molecule is CC(=O)N1CCC2(CC1)CN1C(=O)CN(S(=O)(=O)c3ccc4cc(Cl)ccc4c3)CC13CN(C)C(=O)N23. The number of halogens is 1. The number of carbonyl (C=O) groups excluding carboxylic acids is 3. The first-order valence-corrected chi connectivity index (χ1v) is 14.1. The molecule has 4 aliphatic rings. The molecule has 4 aliphatic heterocycles. The summed E-state index contributed by atoms with van der Waals surface area (Å²) in [6.45, 7) is 2.78. The van der Waals surface area contributed by atoms with E-state index in [1.165, 1.54) is 17.3 Å². The highest BCUT2D eigenvalue weighted by molar-refractivity contribution is 7.89. The topological polar surface area (TPSA) is 102 Å². The molecule has 0 saturated carbocycles. The summed E-state index contributed by atoms with van der Waals surface area (Å²) in [7, 11) is -2.35. The molecular weight excluding hydrogens is 518 g/mol. The van der Waals surface area contributed by atoms with Gasteiger partial charge in [-0.3, -0.25) is 14.5 Å². The Morgan fingerprint density at radius 1 is 0.973 bits per heavy atom. The number of likely N-dealkylation sites (tertiary alicyclic amines) is 1. The Kier molecular flexibility index (Phi) is 5.32. The van der Waals surface area contributed by atoms with Crippen molar-refractivity contribution >= 4 is 50.2 Å². The molecule has 4 fully saturated rings. The van der Waals surface area contributed by atoms with Crippen molar-refractivity contribution in [1.29, 1.82) is 0 Å². The molecule has 2 aromatic rings. The van der Waals surface area contributed by atoms with Crippen LogP contribution in [-0.4, -0.2) is 108 Å². The molecule has 1 atom stereocenters. The van der Waals surface area contributed by atoms with E-state index in [2.05, 4.69) is 0 Å². The number of urea groups is 1. The maximum atomic E-state index is 13.8.